The minimum absolute atomic E-state index is 0.0109. The van der Waals surface area contributed by atoms with Crippen LogP contribution in [0.5, 0.6) is 0 Å². The summed E-state index contributed by atoms with van der Waals surface area (Å²) in [5.41, 5.74) is 2.43. The molecule has 0 aliphatic rings. The predicted octanol–water partition coefficient (Wildman–Crippen LogP) is 2.32. The third-order valence-electron chi connectivity index (χ3n) is 1.62. The van der Waals surface area contributed by atoms with Gasteiger partial charge in [0.25, 0.3) is 0 Å². The van der Waals surface area contributed by atoms with Crippen molar-refractivity contribution in [1.82, 2.24) is 4.98 Å². The number of allylic oxidation sites excluding steroid dienone is 1. The summed E-state index contributed by atoms with van der Waals surface area (Å²) in [7, 11) is 0. The molecule has 0 spiro atoms. The van der Waals surface area contributed by atoms with Gasteiger partial charge in [0, 0.05) is 13.1 Å². The number of aromatic nitrogens is 1. The summed E-state index contributed by atoms with van der Waals surface area (Å²) in [5.74, 6) is -0.0109. The number of carbonyl (C=O) groups is 1. The Morgan fingerprint density at radius 2 is 2.08 bits per heavy atom. The molecule has 12 heavy (non-hydrogen) atoms. The Kier molecular flexibility index (Phi) is 2.38. The molecular formula is C10H11NO. The number of nitrogens with zero attached hydrogens (tertiary/aromatic N) is 1. The van der Waals surface area contributed by atoms with Crippen molar-refractivity contribution in [2.45, 2.75) is 13.8 Å². The van der Waals surface area contributed by atoms with Crippen LogP contribution in [0.1, 0.15) is 29.9 Å². The van der Waals surface area contributed by atoms with Gasteiger partial charge in [-0.05, 0) is 24.1 Å². The highest BCUT2D eigenvalue weighted by atomic mass is 16.1. The minimum atomic E-state index is -0.0109. The van der Waals surface area contributed by atoms with Gasteiger partial charge in [-0.3, -0.25) is 9.78 Å². The summed E-state index contributed by atoms with van der Waals surface area (Å²) in [5, 5.41) is 0. The SMILES string of the molecule is C=C(C)c1ccc(C(C)=O)nc1. The van der Waals surface area contributed by atoms with Crippen molar-refractivity contribution in [2.75, 3.05) is 0 Å². The van der Waals surface area contributed by atoms with Crippen molar-refractivity contribution >= 4 is 11.4 Å². The second-order valence-electron chi connectivity index (χ2n) is 2.77. The molecule has 0 radical (unpaired) electrons. The van der Waals surface area contributed by atoms with Crippen molar-refractivity contribution in [2.24, 2.45) is 0 Å². The molecule has 0 N–H and O–H groups in total. The molecule has 0 saturated carbocycles. The third-order valence-corrected chi connectivity index (χ3v) is 1.62. The predicted molar refractivity (Wildman–Crippen MR) is 48.9 cm³/mol. The number of pyridine rings is 1. The highest BCUT2D eigenvalue weighted by Gasteiger charge is 1.99. The maximum atomic E-state index is 10.8. The molecule has 1 rings (SSSR count). The number of ketones is 1. The highest BCUT2D eigenvalue weighted by Crippen LogP contribution is 2.09. The Morgan fingerprint density at radius 3 is 2.42 bits per heavy atom. The lowest BCUT2D eigenvalue weighted by Gasteiger charge is -1.98. The van der Waals surface area contributed by atoms with Gasteiger partial charge in [0.15, 0.2) is 5.78 Å². The van der Waals surface area contributed by atoms with E-state index in [-0.39, 0.29) is 5.78 Å². The first kappa shape index (κ1) is 8.65. The normalized spacial score (nSPS) is 9.50. The molecule has 1 aromatic rings. The van der Waals surface area contributed by atoms with Crippen LogP contribution in [-0.2, 0) is 0 Å². The summed E-state index contributed by atoms with van der Waals surface area (Å²) in [6.45, 7) is 7.18. The number of Topliss-reactive ketones (excluding diaryl/α,β-unsaturated/α-hetero) is 1. The van der Waals surface area contributed by atoms with E-state index in [1.54, 1.807) is 12.3 Å². The largest absolute Gasteiger partial charge is 0.293 e. The van der Waals surface area contributed by atoms with E-state index in [2.05, 4.69) is 11.6 Å². The average Bonchev–Trinajstić information content (AvgIpc) is 2.04. The van der Waals surface area contributed by atoms with Crippen LogP contribution in [0.4, 0.5) is 0 Å². The molecular weight excluding hydrogens is 150 g/mol. The maximum Gasteiger partial charge on any atom is 0.178 e. The van der Waals surface area contributed by atoms with Crippen molar-refractivity contribution in [3.8, 4) is 0 Å². The van der Waals surface area contributed by atoms with Gasteiger partial charge in [0.2, 0.25) is 0 Å². The molecule has 0 unspecified atom stereocenters. The lowest BCUT2D eigenvalue weighted by atomic mass is 10.1. The molecule has 2 heteroatoms. The van der Waals surface area contributed by atoms with E-state index < -0.39 is 0 Å². The Hall–Kier alpha value is -1.44. The molecule has 1 aromatic heterocycles. The standard InChI is InChI=1S/C10H11NO/c1-7(2)9-4-5-10(8(3)12)11-6-9/h4-6H,1H2,2-3H3. The molecule has 0 aromatic carbocycles. The number of rotatable bonds is 2. The second kappa shape index (κ2) is 3.30. The van der Waals surface area contributed by atoms with E-state index in [4.69, 9.17) is 0 Å². The van der Waals surface area contributed by atoms with Gasteiger partial charge in [-0.25, -0.2) is 0 Å². The first-order valence-electron chi connectivity index (χ1n) is 3.74. The molecule has 0 saturated heterocycles. The van der Waals surface area contributed by atoms with Crippen molar-refractivity contribution in [3.63, 3.8) is 0 Å². The Balaban J connectivity index is 3.01. The van der Waals surface area contributed by atoms with Crippen LogP contribution in [0, 0.1) is 0 Å². The zero-order valence-electron chi connectivity index (χ0n) is 7.29. The summed E-state index contributed by atoms with van der Waals surface area (Å²) >= 11 is 0. The monoisotopic (exact) mass is 161 g/mol. The summed E-state index contributed by atoms with van der Waals surface area (Å²) in [6, 6.07) is 3.57. The van der Waals surface area contributed by atoms with E-state index in [1.165, 1.54) is 6.92 Å². The Morgan fingerprint density at radius 1 is 1.42 bits per heavy atom. The number of carbonyl (C=O) groups excluding carboxylic acids is 1. The van der Waals surface area contributed by atoms with E-state index in [0.717, 1.165) is 11.1 Å². The molecule has 0 bridgehead atoms. The van der Waals surface area contributed by atoms with E-state index in [9.17, 15) is 4.79 Å². The van der Waals surface area contributed by atoms with Crippen molar-refractivity contribution in [3.05, 3.63) is 36.2 Å². The van der Waals surface area contributed by atoms with Gasteiger partial charge in [-0.2, -0.15) is 0 Å². The van der Waals surface area contributed by atoms with E-state index >= 15 is 0 Å². The fraction of sp³-hybridized carbons (Fsp3) is 0.200. The van der Waals surface area contributed by atoms with Crippen molar-refractivity contribution < 1.29 is 4.79 Å². The van der Waals surface area contributed by atoms with Crippen LogP contribution < -0.4 is 0 Å². The lowest BCUT2D eigenvalue weighted by molar-refractivity contribution is 0.101. The molecule has 0 fully saturated rings. The molecule has 0 amide bonds. The smallest absolute Gasteiger partial charge is 0.178 e. The topological polar surface area (TPSA) is 30.0 Å². The van der Waals surface area contributed by atoms with Crippen LogP contribution in [0.15, 0.2) is 24.9 Å². The lowest BCUT2D eigenvalue weighted by Crippen LogP contribution is -1.95. The van der Waals surface area contributed by atoms with Crippen LogP contribution in [0.25, 0.3) is 5.57 Å². The quantitative estimate of drug-likeness (QED) is 0.623. The van der Waals surface area contributed by atoms with Gasteiger partial charge >= 0.3 is 0 Å². The van der Waals surface area contributed by atoms with Gasteiger partial charge in [0.05, 0.1) is 0 Å². The highest BCUT2D eigenvalue weighted by molar-refractivity contribution is 5.92. The minimum Gasteiger partial charge on any atom is -0.293 e. The molecule has 0 atom stereocenters. The Labute approximate surface area is 71.9 Å². The zero-order chi connectivity index (χ0) is 9.14. The fourth-order valence-corrected chi connectivity index (χ4v) is 0.855. The number of hydrogen-bond donors (Lipinski definition) is 0. The average molecular weight is 161 g/mol. The van der Waals surface area contributed by atoms with Gasteiger partial charge in [0.1, 0.15) is 5.69 Å². The van der Waals surface area contributed by atoms with Gasteiger partial charge in [-0.1, -0.05) is 12.6 Å². The van der Waals surface area contributed by atoms with Gasteiger partial charge < -0.3 is 0 Å². The van der Waals surface area contributed by atoms with E-state index in [1.807, 2.05) is 13.0 Å². The molecule has 1 heterocycles. The zero-order valence-corrected chi connectivity index (χ0v) is 7.29. The second-order valence-corrected chi connectivity index (χ2v) is 2.77. The van der Waals surface area contributed by atoms with Gasteiger partial charge in [-0.15, -0.1) is 0 Å². The van der Waals surface area contributed by atoms with Crippen LogP contribution in [0.3, 0.4) is 0 Å². The molecule has 0 aliphatic heterocycles. The van der Waals surface area contributed by atoms with Crippen LogP contribution in [-0.4, -0.2) is 10.8 Å². The third kappa shape index (κ3) is 1.78. The summed E-state index contributed by atoms with van der Waals surface area (Å²) < 4.78 is 0. The van der Waals surface area contributed by atoms with Crippen molar-refractivity contribution in [1.29, 1.82) is 0 Å². The maximum absolute atomic E-state index is 10.8. The molecule has 62 valence electrons. The first-order chi connectivity index (χ1) is 5.61. The number of hydrogen-bond acceptors (Lipinski definition) is 2. The first-order valence-corrected chi connectivity index (χ1v) is 3.74. The van der Waals surface area contributed by atoms with E-state index in [0.29, 0.717) is 5.69 Å². The van der Waals surface area contributed by atoms with Crippen LogP contribution >= 0.6 is 0 Å². The molecule has 2 nitrogen and oxygen atoms in total. The fourth-order valence-electron chi connectivity index (χ4n) is 0.855. The summed E-state index contributed by atoms with van der Waals surface area (Å²) in [4.78, 5) is 14.8. The Bertz CT molecular complexity index is 278. The van der Waals surface area contributed by atoms with Crippen LogP contribution in [0.2, 0.25) is 0 Å². The summed E-state index contributed by atoms with van der Waals surface area (Å²) in [6.07, 6.45) is 1.67. The molecule has 0 aliphatic carbocycles.